The molecule has 1 aliphatic rings. The van der Waals surface area contributed by atoms with Crippen LogP contribution in [-0.4, -0.2) is 47.1 Å². The van der Waals surface area contributed by atoms with E-state index in [1.54, 1.807) is 4.90 Å². The van der Waals surface area contributed by atoms with Crippen LogP contribution in [0.25, 0.3) is 0 Å². The van der Waals surface area contributed by atoms with Crippen molar-refractivity contribution in [3.8, 4) is 0 Å². The zero-order chi connectivity index (χ0) is 18.7. The molecule has 0 spiro atoms. The van der Waals surface area contributed by atoms with Crippen LogP contribution < -0.4 is 15.8 Å². The molecule has 1 aromatic heterocycles. The molecule has 0 aliphatic carbocycles. The van der Waals surface area contributed by atoms with Crippen LogP contribution in [0.2, 0.25) is 0 Å². The van der Waals surface area contributed by atoms with Crippen LogP contribution in [0.4, 0.5) is 29.5 Å². The molecule has 1 fully saturated rings. The van der Waals surface area contributed by atoms with Crippen molar-refractivity contribution in [3.05, 3.63) is 52.6 Å². The fourth-order valence-electron chi connectivity index (χ4n) is 2.72. The number of carbonyl (C=O) groups excluding carboxylic acids is 1. The van der Waals surface area contributed by atoms with Crippen LogP contribution in [0.3, 0.4) is 0 Å². The summed E-state index contributed by atoms with van der Waals surface area (Å²) in [5, 5.41) is 2.32. The van der Waals surface area contributed by atoms with Gasteiger partial charge in [0.2, 0.25) is 0 Å². The van der Waals surface area contributed by atoms with Gasteiger partial charge in [-0.3, -0.25) is 4.79 Å². The van der Waals surface area contributed by atoms with E-state index in [2.05, 4.69) is 15.3 Å². The molecule has 0 atom stereocenters. The normalized spacial score (nSPS) is 15.0. The van der Waals surface area contributed by atoms with Gasteiger partial charge in [-0.2, -0.15) is 13.2 Å². The summed E-state index contributed by atoms with van der Waals surface area (Å²) in [6.07, 6.45) is -1.67. The van der Waals surface area contributed by atoms with Crippen LogP contribution >= 0.6 is 0 Å². The van der Waals surface area contributed by atoms with Crippen molar-refractivity contribution in [2.45, 2.75) is 6.18 Å². The SMILES string of the molecule is O=C(Nc1ccccc1C(F)(F)F)N1CCN(c2ncc[nH]c2=O)CC1. The number of benzene rings is 1. The zero-order valence-electron chi connectivity index (χ0n) is 13.6. The number of hydrogen-bond donors (Lipinski definition) is 2. The highest BCUT2D eigenvalue weighted by molar-refractivity contribution is 5.90. The van der Waals surface area contributed by atoms with Crippen molar-refractivity contribution in [3.63, 3.8) is 0 Å². The molecule has 138 valence electrons. The first-order chi connectivity index (χ1) is 12.4. The number of nitrogens with one attached hydrogen (secondary N) is 2. The first kappa shape index (κ1) is 17.8. The maximum atomic E-state index is 13.0. The van der Waals surface area contributed by atoms with Crippen LogP contribution in [0.1, 0.15) is 5.56 Å². The number of halogens is 3. The molecule has 0 bridgehead atoms. The molecule has 2 N–H and O–H groups in total. The Morgan fingerprint density at radius 2 is 1.85 bits per heavy atom. The molecule has 2 amide bonds. The molecule has 2 aromatic rings. The summed E-state index contributed by atoms with van der Waals surface area (Å²) in [7, 11) is 0. The predicted octanol–water partition coefficient (Wildman–Crippen LogP) is 2.14. The molecule has 2 heterocycles. The molecule has 0 radical (unpaired) electrons. The predicted molar refractivity (Wildman–Crippen MR) is 89.1 cm³/mol. The van der Waals surface area contributed by atoms with Gasteiger partial charge >= 0.3 is 12.2 Å². The fraction of sp³-hybridized carbons (Fsp3) is 0.312. The number of H-pyrrole nitrogens is 1. The largest absolute Gasteiger partial charge is 0.418 e. The summed E-state index contributed by atoms with van der Waals surface area (Å²) in [4.78, 5) is 33.7. The number of carbonyl (C=O) groups is 1. The smallest absolute Gasteiger partial charge is 0.348 e. The van der Waals surface area contributed by atoms with Gasteiger partial charge in [0.1, 0.15) is 0 Å². The molecule has 3 rings (SSSR count). The van der Waals surface area contributed by atoms with Crippen LogP contribution in [-0.2, 0) is 6.18 Å². The van der Waals surface area contributed by atoms with E-state index < -0.39 is 17.8 Å². The van der Waals surface area contributed by atoms with Gasteiger partial charge < -0.3 is 20.1 Å². The first-order valence-corrected chi connectivity index (χ1v) is 7.87. The number of anilines is 2. The van der Waals surface area contributed by atoms with Gasteiger partial charge in [-0.1, -0.05) is 12.1 Å². The molecule has 0 unspecified atom stereocenters. The van der Waals surface area contributed by atoms with E-state index in [1.807, 2.05) is 0 Å². The van der Waals surface area contributed by atoms with E-state index in [-0.39, 0.29) is 30.2 Å². The Labute approximate surface area is 146 Å². The number of rotatable bonds is 2. The quantitative estimate of drug-likeness (QED) is 0.852. The Morgan fingerprint density at radius 1 is 1.15 bits per heavy atom. The average molecular weight is 367 g/mol. The number of amides is 2. The fourth-order valence-corrected chi connectivity index (χ4v) is 2.72. The Bertz CT molecular complexity index is 844. The molecular weight excluding hydrogens is 351 g/mol. The second kappa shape index (κ2) is 7.06. The van der Waals surface area contributed by atoms with E-state index in [4.69, 9.17) is 0 Å². The van der Waals surface area contributed by atoms with Gasteiger partial charge in [0.05, 0.1) is 11.3 Å². The lowest BCUT2D eigenvalue weighted by Crippen LogP contribution is -2.51. The monoisotopic (exact) mass is 367 g/mol. The van der Waals surface area contributed by atoms with E-state index >= 15 is 0 Å². The van der Waals surface area contributed by atoms with Crippen molar-refractivity contribution >= 4 is 17.5 Å². The molecular formula is C16H16F3N5O2. The molecule has 7 nitrogen and oxygen atoms in total. The Balaban J connectivity index is 1.65. The Hall–Kier alpha value is -3.04. The standard InChI is InChI=1S/C16H16F3N5O2/c17-16(18,19)11-3-1-2-4-12(11)22-15(26)24-9-7-23(8-10-24)13-14(25)21-6-5-20-13/h1-6H,7-10H2,(H,21,25)(H,22,26). The van der Waals surface area contributed by atoms with Crippen LogP contribution in [0.5, 0.6) is 0 Å². The summed E-state index contributed by atoms with van der Waals surface area (Å²) in [5.74, 6) is 0.259. The molecule has 1 aromatic carbocycles. The minimum atomic E-state index is -4.55. The van der Waals surface area contributed by atoms with Crippen molar-refractivity contribution in [1.29, 1.82) is 0 Å². The highest BCUT2D eigenvalue weighted by atomic mass is 19.4. The van der Waals surface area contributed by atoms with Crippen molar-refractivity contribution in [1.82, 2.24) is 14.9 Å². The minimum Gasteiger partial charge on any atom is -0.348 e. The lowest BCUT2D eigenvalue weighted by molar-refractivity contribution is -0.136. The third-order valence-electron chi connectivity index (χ3n) is 4.03. The number of para-hydroxylation sites is 1. The number of alkyl halides is 3. The molecule has 26 heavy (non-hydrogen) atoms. The van der Waals surface area contributed by atoms with Crippen LogP contribution in [0, 0.1) is 0 Å². The Morgan fingerprint density at radius 3 is 2.50 bits per heavy atom. The second-order valence-electron chi connectivity index (χ2n) is 5.69. The first-order valence-electron chi connectivity index (χ1n) is 7.87. The van der Waals surface area contributed by atoms with E-state index in [1.165, 1.54) is 35.5 Å². The average Bonchev–Trinajstić information content (AvgIpc) is 2.62. The lowest BCUT2D eigenvalue weighted by atomic mass is 10.1. The second-order valence-corrected chi connectivity index (χ2v) is 5.69. The highest BCUT2D eigenvalue weighted by Gasteiger charge is 2.34. The summed E-state index contributed by atoms with van der Waals surface area (Å²) < 4.78 is 39.0. The highest BCUT2D eigenvalue weighted by Crippen LogP contribution is 2.34. The van der Waals surface area contributed by atoms with Gasteiger partial charge in [0.25, 0.3) is 5.56 Å². The van der Waals surface area contributed by atoms with Gasteiger partial charge in [-0.15, -0.1) is 0 Å². The maximum absolute atomic E-state index is 13.0. The summed E-state index contributed by atoms with van der Waals surface area (Å²) in [6, 6.07) is 4.21. The van der Waals surface area contributed by atoms with E-state index in [9.17, 15) is 22.8 Å². The number of piperazine rings is 1. The van der Waals surface area contributed by atoms with E-state index in [0.717, 1.165) is 6.07 Å². The third-order valence-corrected chi connectivity index (χ3v) is 4.03. The van der Waals surface area contributed by atoms with Crippen molar-refractivity contribution in [2.24, 2.45) is 0 Å². The zero-order valence-corrected chi connectivity index (χ0v) is 13.6. The molecule has 1 aliphatic heterocycles. The van der Waals surface area contributed by atoms with Gasteiger partial charge in [0.15, 0.2) is 5.82 Å². The van der Waals surface area contributed by atoms with Gasteiger partial charge in [-0.05, 0) is 12.1 Å². The molecule has 10 heteroatoms. The summed E-state index contributed by atoms with van der Waals surface area (Å²) in [5.41, 5.74) is -1.51. The topological polar surface area (TPSA) is 81.3 Å². The van der Waals surface area contributed by atoms with E-state index in [0.29, 0.717) is 13.1 Å². The summed E-state index contributed by atoms with van der Waals surface area (Å²) in [6.45, 7) is 1.23. The minimum absolute atomic E-state index is 0.259. The molecule has 1 saturated heterocycles. The number of urea groups is 1. The van der Waals surface area contributed by atoms with Gasteiger partial charge in [0, 0.05) is 38.6 Å². The number of hydrogen-bond acceptors (Lipinski definition) is 4. The lowest BCUT2D eigenvalue weighted by Gasteiger charge is -2.34. The number of aromatic nitrogens is 2. The van der Waals surface area contributed by atoms with Crippen molar-refractivity contribution in [2.75, 3.05) is 36.4 Å². The maximum Gasteiger partial charge on any atom is 0.418 e. The Kier molecular flexibility index (Phi) is 4.83. The third kappa shape index (κ3) is 3.79. The number of nitrogens with zero attached hydrogens (tertiary/aromatic N) is 3. The summed E-state index contributed by atoms with van der Waals surface area (Å²) >= 11 is 0. The number of aromatic amines is 1. The molecule has 0 saturated carbocycles. The van der Waals surface area contributed by atoms with Crippen LogP contribution in [0.15, 0.2) is 41.5 Å². The van der Waals surface area contributed by atoms with Crippen molar-refractivity contribution < 1.29 is 18.0 Å². The van der Waals surface area contributed by atoms with Gasteiger partial charge in [-0.25, -0.2) is 9.78 Å².